The van der Waals surface area contributed by atoms with Gasteiger partial charge in [0.1, 0.15) is 11.3 Å². The third-order valence-electron chi connectivity index (χ3n) is 4.43. The number of furan rings is 1. The molecule has 1 N–H and O–H groups in total. The van der Waals surface area contributed by atoms with E-state index in [9.17, 15) is 4.79 Å². The van der Waals surface area contributed by atoms with Crippen LogP contribution in [0.15, 0.2) is 76.8 Å². The maximum atomic E-state index is 12.1. The minimum Gasteiger partial charge on any atom is -0.467 e. The third-order valence-corrected chi connectivity index (χ3v) is 5.37. The molecule has 0 radical (unpaired) electrons. The van der Waals surface area contributed by atoms with Crippen LogP contribution in [0.25, 0.3) is 22.4 Å². The van der Waals surface area contributed by atoms with Crippen molar-refractivity contribution in [1.82, 2.24) is 29.5 Å². The molecule has 0 saturated heterocycles. The van der Waals surface area contributed by atoms with Crippen LogP contribution in [0.4, 0.5) is 0 Å². The van der Waals surface area contributed by atoms with E-state index in [2.05, 4.69) is 20.6 Å². The van der Waals surface area contributed by atoms with E-state index >= 15 is 0 Å². The maximum Gasteiger partial charge on any atom is 0.230 e. The Morgan fingerprint density at radius 1 is 1.10 bits per heavy atom. The largest absolute Gasteiger partial charge is 0.467 e. The fraction of sp³-hybridized carbons (Fsp3) is 0.100. The van der Waals surface area contributed by atoms with Crippen molar-refractivity contribution in [3.05, 3.63) is 72.9 Å². The summed E-state index contributed by atoms with van der Waals surface area (Å²) >= 11 is 1.33. The van der Waals surface area contributed by atoms with E-state index in [1.54, 1.807) is 16.8 Å². The van der Waals surface area contributed by atoms with E-state index in [4.69, 9.17) is 4.42 Å². The average molecular weight is 404 g/mol. The second-order valence-corrected chi connectivity index (χ2v) is 7.29. The van der Waals surface area contributed by atoms with Gasteiger partial charge in [-0.15, -0.1) is 10.2 Å². The maximum absolute atomic E-state index is 12.1. The minimum absolute atomic E-state index is 0.0973. The van der Waals surface area contributed by atoms with Crippen molar-refractivity contribution in [2.75, 3.05) is 5.75 Å². The van der Waals surface area contributed by atoms with Crippen molar-refractivity contribution in [3.63, 3.8) is 0 Å². The van der Waals surface area contributed by atoms with Crippen molar-refractivity contribution in [1.29, 1.82) is 0 Å². The molecule has 5 rings (SSSR count). The first kappa shape index (κ1) is 17.5. The number of aromatic nitrogens is 5. The van der Waals surface area contributed by atoms with Crippen LogP contribution in [0.1, 0.15) is 5.76 Å². The van der Waals surface area contributed by atoms with Crippen molar-refractivity contribution >= 4 is 28.8 Å². The fourth-order valence-corrected chi connectivity index (χ4v) is 3.77. The number of benzene rings is 1. The van der Waals surface area contributed by atoms with Gasteiger partial charge >= 0.3 is 0 Å². The number of thioether (sulfide) groups is 1. The monoisotopic (exact) mass is 404 g/mol. The summed E-state index contributed by atoms with van der Waals surface area (Å²) in [5.41, 5.74) is 3.46. The molecular formula is C20H16N6O2S. The summed E-state index contributed by atoms with van der Waals surface area (Å²) in [4.78, 5) is 12.1. The lowest BCUT2D eigenvalue weighted by Crippen LogP contribution is -2.24. The van der Waals surface area contributed by atoms with Crippen LogP contribution in [0.5, 0.6) is 0 Å². The quantitative estimate of drug-likeness (QED) is 0.438. The summed E-state index contributed by atoms with van der Waals surface area (Å²) in [6, 6.07) is 15.6. The Balaban J connectivity index is 1.35. The molecular weight excluding hydrogens is 388 g/mol. The first-order valence-electron chi connectivity index (χ1n) is 8.98. The third kappa shape index (κ3) is 3.47. The van der Waals surface area contributed by atoms with Crippen LogP contribution in [0.2, 0.25) is 0 Å². The van der Waals surface area contributed by atoms with Crippen LogP contribution < -0.4 is 5.32 Å². The number of hydrogen-bond acceptors (Lipinski definition) is 6. The highest BCUT2D eigenvalue weighted by atomic mass is 32.2. The van der Waals surface area contributed by atoms with Gasteiger partial charge in [-0.05, 0) is 18.2 Å². The highest BCUT2D eigenvalue weighted by Gasteiger charge is 2.14. The summed E-state index contributed by atoms with van der Waals surface area (Å²) in [6.45, 7) is 0.367. The Kier molecular flexibility index (Phi) is 4.49. The fourth-order valence-electron chi connectivity index (χ4n) is 3.02. The summed E-state index contributed by atoms with van der Waals surface area (Å²) in [6.07, 6.45) is 5.30. The molecule has 4 aromatic heterocycles. The summed E-state index contributed by atoms with van der Waals surface area (Å²) in [7, 11) is 0. The van der Waals surface area contributed by atoms with E-state index in [1.807, 2.05) is 59.3 Å². The van der Waals surface area contributed by atoms with E-state index in [1.165, 1.54) is 11.8 Å². The smallest absolute Gasteiger partial charge is 0.230 e. The highest BCUT2D eigenvalue weighted by molar-refractivity contribution is 7.99. The predicted octanol–water partition coefficient (Wildman–Crippen LogP) is 3.05. The second-order valence-electron chi connectivity index (χ2n) is 6.34. The summed E-state index contributed by atoms with van der Waals surface area (Å²) in [5, 5.41) is 16.6. The first-order valence-corrected chi connectivity index (χ1v) is 9.97. The molecule has 0 aliphatic heterocycles. The molecule has 0 bridgehead atoms. The standard InChI is InChI=1S/C20H16N6O2S/c27-18(21-12-15-7-4-10-28-15)13-29-20-23-22-19-17-11-16(14-5-2-1-3-6-14)24-26(17)9-8-25(19)20/h1-11H,12-13H2,(H,21,27). The Morgan fingerprint density at radius 3 is 2.83 bits per heavy atom. The highest BCUT2D eigenvalue weighted by Crippen LogP contribution is 2.24. The van der Waals surface area contributed by atoms with Gasteiger partial charge < -0.3 is 9.73 Å². The lowest BCUT2D eigenvalue weighted by Gasteiger charge is -2.03. The summed E-state index contributed by atoms with van der Waals surface area (Å²) in [5.74, 6) is 0.856. The van der Waals surface area contributed by atoms with Crippen LogP contribution >= 0.6 is 11.8 Å². The number of nitrogens with zero attached hydrogens (tertiary/aromatic N) is 5. The van der Waals surface area contributed by atoms with Crippen molar-refractivity contribution in [2.45, 2.75) is 11.7 Å². The van der Waals surface area contributed by atoms with Crippen LogP contribution in [0, 0.1) is 0 Å². The average Bonchev–Trinajstić information content (AvgIpc) is 3.50. The van der Waals surface area contributed by atoms with E-state index in [0.717, 1.165) is 16.8 Å². The van der Waals surface area contributed by atoms with Gasteiger partial charge in [-0.3, -0.25) is 9.20 Å². The molecule has 0 aliphatic rings. The van der Waals surface area contributed by atoms with E-state index in [0.29, 0.717) is 23.1 Å². The molecule has 1 aromatic carbocycles. The van der Waals surface area contributed by atoms with Gasteiger partial charge in [-0.25, -0.2) is 4.52 Å². The molecule has 0 saturated carbocycles. The van der Waals surface area contributed by atoms with Gasteiger partial charge in [0, 0.05) is 18.0 Å². The lowest BCUT2D eigenvalue weighted by atomic mass is 10.1. The Hall–Kier alpha value is -3.59. The first-order chi connectivity index (χ1) is 14.3. The molecule has 144 valence electrons. The molecule has 4 heterocycles. The Bertz CT molecular complexity index is 1280. The lowest BCUT2D eigenvalue weighted by molar-refractivity contribution is -0.118. The molecule has 5 aromatic rings. The molecule has 0 atom stereocenters. The van der Waals surface area contributed by atoms with Gasteiger partial charge in [0.2, 0.25) is 5.91 Å². The molecule has 9 heteroatoms. The molecule has 0 spiro atoms. The van der Waals surface area contributed by atoms with Gasteiger partial charge in [0.15, 0.2) is 10.8 Å². The number of rotatable bonds is 6. The van der Waals surface area contributed by atoms with E-state index in [-0.39, 0.29) is 11.7 Å². The second kappa shape index (κ2) is 7.44. The van der Waals surface area contributed by atoms with Gasteiger partial charge in [0.25, 0.3) is 0 Å². The number of carbonyl (C=O) groups excluding carboxylic acids is 1. The molecule has 29 heavy (non-hydrogen) atoms. The zero-order valence-corrected chi connectivity index (χ0v) is 16.0. The Morgan fingerprint density at radius 2 is 2.00 bits per heavy atom. The van der Waals surface area contributed by atoms with E-state index < -0.39 is 0 Å². The van der Waals surface area contributed by atoms with Crippen molar-refractivity contribution < 1.29 is 9.21 Å². The van der Waals surface area contributed by atoms with Crippen molar-refractivity contribution in [2.24, 2.45) is 0 Å². The molecule has 0 aliphatic carbocycles. The molecule has 8 nitrogen and oxygen atoms in total. The number of carbonyl (C=O) groups is 1. The van der Waals surface area contributed by atoms with Gasteiger partial charge in [-0.1, -0.05) is 42.1 Å². The van der Waals surface area contributed by atoms with Gasteiger partial charge in [-0.2, -0.15) is 5.10 Å². The zero-order chi connectivity index (χ0) is 19.6. The molecule has 0 fully saturated rings. The minimum atomic E-state index is -0.0973. The summed E-state index contributed by atoms with van der Waals surface area (Å²) < 4.78 is 8.87. The SMILES string of the molecule is O=C(CSc1nnc2c3cc(-c4ccccc4)nn3ccn12)NCc1ccco1. The number of nitrogens with one attached hydrogen (secondary N) is 1. The van der Waals surface area contributed by atoms with Crippen LogP contribution in [-0.2, 0) is 11.3 Å². The van der Waals surface area contributed by atoms with Crippen LogP contribution in [0.3, 0.4) is 0 Å². The van der Waals surface area contributed by atoms with Crippen LogP contribution in [-0.4, -0.2) is 35.9 Å². The topological polar surface area (TPSA) is 89.7 Å². The predicted molar refractivity (Wildman–Crippen MR) is 108 cm³/mol. The number of fused-ring (bicyclic) bond motifs is 3. The normalized spacial score (nSPS) is 11.3. The molecule has 0 unspecified atom stereocenters. The Labute approximate surface area is 169 Å². The van der Waals surface area contributed by atoms with Crippen molar-refractivity contribution in [3.8, 4) is 11.3 Å². The molecule has 1 amide bonds. The van der Waals surface area contributed by atoms with Gasteiger partial charge in [0.05, 0.1) is 24.3 Å². The zero-order valence-electron chi connectivity index (χ0n) is 15.2. The number of amides is 1. The number of hydrogen-bond donors (Lipinski definition) is 1.